The Hall–Kier alpha value is -1.42. The van der Waals surface area contributed by atoms with Crippen molar-refractivity contribution in [1.29, 1.82) is 0 Å². The number of unbranched alkanes of at least 4 members (excludes halogenated alkanes) is 1. The third-order valence-electron chi connectivity index (χ3n) is 2.01. The van der Waals surface area contributed by atoms with Crippen LogP contribution in [-0.4, -0.2) is 13.3 Å². The van der Waals surface area contributed by atoms with E-state index < -0.39 is 0 Å². The highest BCUT2D eigenvalue weighted by Crippen LogP contribution is 2.12. The molecule has 0 fully saturated rings. The normalized spacial score (nSPS) is 9.93. The molecule has 0 radical (unpaired) electrons. The van der Waals surface area contributed by atoms with E-state index in [2.05, 4.69) is 12.2 Å². The van der Waals surface area contributed by atoms with Crippen molar-refractivity contribution in [2.45, 2.75) is 19.8 Å². The van der Waals surface area contributed by atoms with Crippen LogP contribution in [-0.2, 0) is 4.74 Å². The molecule has 0 aromatic heterocycles. The fourth-order valence-corrected chi connectivity index (χ4v) is 1.14. The lowest BCUT2D eigenvalue weighted by atomic mass is 10.3. The highest BCUT2D eigenvalue weighted by atomic mass is 16.5. The fraction of sp³-hybridized carbons (Fsp3) is 0.455. The van der Waals surface area contributed by atoms with Crippen LogP contribution in [0.1, 0.15) is 19.8 Å². The standard InChI is InChI=1S/C11H16N2O2/c1-2-3-9-15-10-13(12-14)11-7-5-4-6-8-11/h4-8H,2-3,9-10H2,1H3. The Kier molecular flexibility index (Phi) is 5.40. The van der Waals surface area contributed by atoms with Crippen molar-refractivity contribution in [2.75, 3.05) is 18.3 Å². The summed E-state index contributed by atoms with van der Waals surface area (Å²) < 4.78 is 5.31. The predicted molar refractivity (Wildman–Crippen MR) is 60.4 cm³/mol. The maximum atomic E-state index is 10.6. The summed E-state index contributed by atoms with van der Waals surface area (Å²) in [5.74, 6) is 0. The predicted octanol–water partition coefficient (Wildman–Crippen LogP) is 2.95. The maximum absolute atomic E-state index is 10.6. The van der Waals surface area contributed by atoms with E-state index in [0.29, 0.717) is 6.61 Å². The van der Waals surface area contributed by atoms with Crippen molar-refractivity contribution in [3.05, 3.63) is 35.2 Å². The molecule has 0 unspecified atom stereocenters. The van der Waals surface area contributed by atoms with Gasteiger partial charge in [-0.15, -0.1) is 4.91 Å². The lowest BCUT2D eigenvalue weighted by molar-refractivity contribution is 0.131. The van der Waals surface area contributed by atoms with E-state index in [4.69, 9.17) is 4.74 Å². The zero-order valence-corrected chi connectivity index (χ0v) is 8.93. The number of nitrogens with zero attached hydrogens (tertiary/aromatic N) is 2. The van der Waals surface area contributed by atoms with Crippen molar-refractivity contribution in [2.24, 2.45) is 5.29 Å². The largest absolute Gasteiger partial charge is 0.359 e. The molecule has 4 nitrogen and oxygen atoms in total. The second-order valence-electron chi connectivity index (χ2n) is 3.21. The Bertz CT molecular complexity index is 277. The number of hydrogen-bond acceptors (Lipinski definition) is 3. The summed E-state index contributed by atoms with van der Waals surface area (Å²) in [4.78, 5) is 10.6. The third kappa shape index (κ3) is 4.08. The first-order valence-corrected chi connectivity index (χ1v) is 5.12. The zero-order chi connectivity index (χ0) is 10.9. The number of rotatable bonds is 7. The molecule has 0 heterocycles. The van der Waals surface area contributed by atoms with E-state index >= 15 is 0 Å². The molecular formula is C11H16N2O2. The highest BCUT2D eigenvalue weighted by Gasteiger charge is 2.04. The van der Waals surface area contributed by atoms with Crippen LogP contribution in [0.5, 0.6) is 0 Å². The molecule has 0 saturated carbocycles. The minimum Gasteiger partial charge on any atom is -0.359 e. The summed E-state index contributed by atoms with van der Waals surface area (Å²) in [6, 6.07) is 9.26. The topological polar surface area (TPSA) is 41.9 Å². The molecule has 1 aromatic rings. The van der Waals surface area contributed by atoms with E-state index in [1.165, 1.54) is 5.01 Å². The molecule has 0 spiro atoms. The van der Waals surface area contributed by atoms with Crippen molar-refractivity contribution in [3.8, 4) is 0 Å². The number of benzene rings is 1. The molecule has 0 saturated heterocycles. The van der Waals surface area contributed by atoms with Gasteiger partial charge in [-0.25, -0.2) is 5.01 Å². The molecule has 1 aromatic carbocycles. The fourth-order valence-electron chi connectivity index (χ4n) is 1.14. The zero-order valence-electron chi connectivity index (χ0n) is 8.93. The molecule has 0 aliphatic heterocycles. The molecule has 0 aliphatic carbocycles. The molecule has 0 bridgehead atoms. The van der Waals surface area contributed by atoms with E-state index in [1.54, 1.807) is 0 Å². The van der Waals surface area contributed by atoms with Crippen molar-refractivity contribution >= 4 is 5.69 Å². The van der Waals surface area contributed by atoms with Gasteiger partial charge in [-0.3, -0.25) is 0 Å². The lowest BCUT2D eigenvalue weighted by Crippen LogP contribution is -2.19. The SMILES string of the molecule is CCCCOCN(N=O)c1ccccc1. The van der Waals surface area contributed by atoms with Crippen LogP contribution in [0.4, 0.5) is 5.69 Å². The van der Waals surface area contributed by atoms with Gasteiger partial charge in [0.05, 0.1) is 11.0 Å². The average molecular weight is 208 g/mol. The molecule has 0 N–H and O–H groups in total. The van der Waals surface area contributed by atoms with Crippen molar-refractivity contribution in [3.63, 3.8) is 0 Å². The van der Waals surface area contributed by atoms with Gasteiger partial charge in [-0.2, -0.15) is 0 Å². The van der Waals surface area contributed by atoms with Crippen LogP contribution in [0.2, 0.25) is 0 Å². The highest BCUT2D eigenvalue weighted by molar-refractivity contribution is 5.44. The van der Waals surface area contributed by atoms with Gasteiger partial charge in [-0.1, -0.05) is 31.5 Å². The Morgan fingerprint density at radius 3 is 2.67 bits per heavy atom. The van der Waals surface area contributed by atoms with Gasteiger partial charge in [0, 0.05) is 6.61 Å². The number of para-hydroxylation sites is 1. The molecule has 4 heteroatoms. The third-order valence-corrected chi connectivity index (χ3v) is 2.01. The van der Waals surface area contributed by atoms with E-state index in [-0.39, 0.29) is 6.73 Å². The Morgan fingerprint density at radius 2 is 2.07 bits per heavy atom. The second-order valence-corrected chi connectivity index (χ2v) is 3.21. The van der Waals surface area contributed by atoms with Gasteiger partial charge >= 0.3 is 0 Å². The van der Waals surface area contributed by atoms with Gasteiger partial charge in [0.2, 0.25) is 0 Å². The Morgan fingerprint density at radius 1 is 1.33 bits per heavy atom. The minimum atomic E-state index is 0.216. The summed E-state index contributed by atoms with van der Waals surface area (Å²) >= 11 is 0. The smallest absolute Gasteiger partial charge is 0.143 e. The van der Waals surface area contributed by atoms with Crippen LogP contribution in [0, 0.1) is 4.91 Å². The summed E-state index contributed by atoms with van der Waals surface area (Å²) in [7, 11) is 0. The van der Waals surface area contributed by atoms with Crippen LogP contribution >= 0.6 is 0 Å². The molecule has 0 atom stereocenters. The van der Waals surface area contributed by atoms with Crippen molar-refractivity contribution < 1.29 is 4.74 Å². The van der Waals surface area contributed by atoms with Gasteiger partial charge in [0.15, 0.2) is 0 Å². The van der Waals surface area contributed by atoms with E-state index in [0.717, 1.165) is 18.5 Å². The monoisotopic (exact) mass is 208 g/mol. The summed E-state index contributed by atoms with van der Waals surface area (Å²) in [6.45, 7) is 2.97. The second kappa shape index (κ2) is 6.95. The minimum absolute atomic E-state index is 0.216. The van der Waals surface area contributed by atoms with Gasteiger partial charge in [0.1, 0.15) is 6.73 Å². The van der Waals surface area contributed by atoms with Crippen LogP contribution in [0.25, 0.3) is 0 Å². The van der Waals surface area contributed by atoms with Gasteiger partial charge < -0.3 is 4.74 Å². The number of nitroso groups, excluding NO2 is 1. The summed E-state index contributed by atoms with van der Waals surface area (Å²) in [5.41, 5.74) is 0.754. The lowest BCUT2D eigenvalue weighted by Gasteiger charge is -2.14. The first kappa shape index (κ1) is 11.7. The molecule has 15 heavy (non-hydrogen) atoms. The van der Waals surface area contributed by atoms with E-state index in [1.807, 2.05) is 30.3 Å². The summed E-state index contributed by atoms with van der Waals surface area (Å²) in [5, 5.41) is 4.22. The van der Waals surface area contributed by atoms with Crippen LogP contribution in [0.3, 0.4) is 0 Å². The molecule has 1 rings (SSSR count). The first-order valence-electron chi connectivity index (χ1n) is 5.12. The molecule has 0 aliphatic rings. The Labute approximate surface area is 89.8 Å². The van der Waals surface area contributed by atoms with Crippen LogP contribution in [0.15, 0.2) is 35.6 Å². The van der Waals surface area contributed by atoms with Crippen molar-refractivity contribution in [1.82, 2.24) is 0 Å². The van der Waals surface area contributed by atoms with Gasteiger partial charge in [-0.05, 0) is 18.6 Å². The molecule has 82 valence electrons. The Balaban J connectivity index is 2.39. The average Bonchev–Trinajstić information content (AvgIpc) is 2.30. The maximum Gasteiger partial charge on any atom is 0.143 e. The number of ether oxygens (including phenoxy) is 1. The number of hydrogen-bond donors (Lipinski definition) is 0. The van der Waals surface area contributed by atoms with Gasteiger partial charge in [0.25, 0.3) is 0 Å². The quantitative estimate of drug-likeness (QED) is 0.299. The van der Waals surface area contributed by atoms with Crippen LogP contribution < -0.4 is 5.01 Å². The first-order chi connectivity index (χ1) is 7.38. The molecule has 0 amide bonds. The van der Waals surface area contributed by atoms with E-state index in [9.17, 15) is 4.91 Å². The number of anilines is 1. The molecular weight excluding hydrogens is 192 g/mol. The summed E-state index contributed by atoms with van der Waals surface area (Å²) in [6.07, 6.45) is 2.08.